The Balaban J connectivity index is 1.12. The van der Waals surface area contributed by atoms with Gasteiger partial charge in [-0.3, -0.25) is 0 Å². The lowest BCUT2D eigenvalue weighted by atomic mass is 9.98. The third-order valence-corrected chi connectivity index (χ3v) is 9.14. The van der Waals surface area contributed by atoms with E-state index in [1.165, 1.54) is 5.39 Å². The lowest BCUT2D eigenvalue weighted by Crippen LogP contribution is -2.00. The van der Waals surface area contributed by atoms with E-state index in [9.17, 15) is 0 Å². The summed E-state index contributed by atoms with van der Waals surface area (Å²) in [5.74, 6) is 1.81. The van der Waals surface area contributed by atoms with Crippen LogP contribution in [0.25, 0.3) is 99.9 Å². The van der Waals surface area contributed by atoms with Crippen molar-refractivity contribution in [1.82, 2.24) is 15.0 Å². The molecule has 0 saturated heterocycles. The van der Waals surface area contributed by atoms with E-state index in [-0.39, 0.29) is 0 Å². The van der Waals surface area contributed by atoms with Crippen LogP contribution in [0, 0.1) is 0 Å². The highest BCUT2D eigenvalue weighted by Crippen LogP contribution is 2.38. The van der Waals surface area contributed by atoms with E-state index in [0.29, 0.717) is 17.5 Å². The molecule has 0 radical (unpaired) electrons. The van der Waals surface area contributed by atoms with Crippen molar-refractivity contribution in [3.8, 4) is 45.3 Å². The Kier molecular flexibility index (Phi) is 5.81. The summed E-state index contributed by atoms with van der Waals surface area (Å²) in [6.45, 7) is 0. The van der Waals surface area contributed by atoms with Crippen molar-refractivity contribution < 1.29 is 8.83 Å². The van der Waals surface area contributed by atoms with Crippen molar-refractivity contribution in [2.24, 2.45) is 0 Å². The maximum Gasteiger partial charge on any atom is 0.164 e. The Morgan fingerprint density at radius 3 is 1.69 bits per heavy atom. The highest BCUT2D eigenvalue weighted by Gasteiger charge is 2.16. The van der Waals surface area contributed by atoms with Crippen LogP contribution in [0.3, 0.4) is 0 Å². The van der Waals surface area contributed by atoms with Crippen LogP contribution in [0.1, 0.15) is 0 Å². The molecule has 0 fully saturated rings. The largest absolute Gasteiger partial charge is 0.456 e. The smallest absolute Gasteiger partial charge is 0.164 e. The van der Waals surface area contributed by atoms with E-state index in [4.69, 9.17) is 23.8 Å². The zero-order valence-electron chi connectivity index (χ0n) is 25.6. The second-order valence-electron chi connectivity index (χ2n) is 12.0. The normalized spacial score (nSPS) is 11.8. The molecule has 0 aliphatic heterocycles. The zero-order chi connectivity index (χ0) is 31.6. The van der Waals surface area contributed by atoms with Crippen molar-refractivity contribution in [2.75, 3.05) is 0 Å². The van der Waals surface area contributed by atoms with Crippen molar-refractivity contribution >= 4 is 54.6 Å². The van der Waals surface area contributed by atoms with Crippen LogP contribution in [0.15, 0.2) is 160 Å². The number of benzene rings is 7. The lowest BCUT2D eigenvalue weighted by molar-refractivity contribution is 0.668. The zero-order valence-corrected chi connectivity index (χ0v) is 25.6. The highest BCUT2D eigenvalue weighted by atomic mass is 16.3. The second kappa shape index (κ2) is 10.5. The van der Waals surface area contributed by atoms with Gasteiger partial charge >= 0.3 is 0 Å². The molecular weight excluding hydrogens is 590 g/mol. The molecular formula is C43H25N3O2. The maximum atomic E-state index is 6.22. The number of para-hydroxylation sites is 2. The fraction of sp³-hybridized carbons (Fsp3) is 0. The van der Waals surface area contributed by atoms with E-state index in [1.807, 2.05) is 54.6 Å². The first-order chi connectivity index (χ1) is 23.7. The Morgan fingerprint density at radius 1 is 0.333 bits per heavy atom. The molecule has 5 heteroatoms. The van der Waals surface area contributed by atoms with Gasteiger partial charge in [-0.25, -0.2) is 15.0 Å². The third kappa shape index (κ3) is 4.29. The summed E-state index contributed by atoms with van der Waals surface area (Å²) >= 11 is 0. The molecule has 10 rings (SSSR count). The molecule has 0 spiro atoms. The van der Waals surface area contributed by atoms with Gasteiger partial charge in [-0.2, -0.15) is 0 Å². The van der Waals surface area contributed by atoms with Gasteiger partial charge in [0, 0.05) is 38.2 Å². The molecule has 3 heterocycles. The highest BCUT2D eigenvalue weighted by molar-refractivity contribution is 6.12. The minimum Gasteiger partial charge on any atom is -0.456 e. The first-order valence-electron chi connectivity index (χ1n) is 15.9. The quantitative estimate of drug-likeness (QED) is 0.197. The number of furan rings is 2. The Bertz CT molecular complexity index is 2850. The van der Waals surface area contributed by atoms with Crippen molar-refractivity contribution in [1.29, 1.82) is 0 Å². The predicted octanol–water partition coefficient (Wildman–Crippen LogP) is 11.5. The van der Waals surface area contributed by atoms with Crippen LogP contribution in [-0.2, 0) is 0 Å². The topological polar surface area (TPSA) is 65.0 Å². The standard InChI is InChI=1S/C43H25N3O2/c1-2-9-29-24-30(21-16-26(29)8-1)42-44-41(45-43(46-42)31-22-23-34-33-10-3-5-13-36(33)48-39(34)25-31)28-19-17-27(18-20-28)32-12-7-15-38-40(32)35-11-4-6-14-37(35)47-38/h1-25H. The van der Waals surface area contributed by atoms with Crippen molar-refractivity contribution in [3.05, 3.63) is 152 Å². The lowest BCUT2D eigenvalue weighted by Gasteiger charge is -2.10. The fourth-order valence-electron chi connectivity index (χ4n) is 6.77. The van der Waals surface area contributed by atoms with Gasteiger partial charge in [0.25, 0.3) is 0 Å². The third-order valence-electron chi connectivity index (χ3n) is 9.14. The number of nitrogens with zero attached hydrogens (tertiary/aromatic N) is 3. The molecule has 5 nitrogen and oxygen atoms in total. The van der Waals surface area contributed by atoms with E-state index >= 15 is 0 Å². The number of rotatable bonds is 4. The van der Waals surface area contributed by atoms with Crippen LogP contribution < -0.4 is 0 Å². The maximum absolute atomic E-state index is 6.22. The molecule has 0 aliphatic rings. The molecule has 0 amide bonds. The molecule has 0 saturated carbocycles. The first-order valence-corrected chi connectivity index (χ1v) is 15.9. The molecule has 0 aliphatic carbocycles. The Morgan fingerprint density at radius 2 is 0.875 bits per heavy atom. The number of aromatic nitrogens is 3. The van der Waals surface area contributed by atoms with Gasteiger partial charge in [0.05, 0.1) is 0 Å². The fourth-order valence-corrected chi connectivity index (χ4v) is 6.77. The van der Waals surface area contributed by atoms with Gasteiger partial charge in [-0.05, 0) is 58.3 Å². The van der Waals surface area contributed by atoms with Crippen LogP contribution >= 0.6 is 0 Å². The number of fused-ring (bicyclic) bond motifs is 7. The molecule has 0 unspecified atom stereocenters. The summed E-state index contributed by atoms with van der Waals surface area (Å²) in [6.07, 6.45) is 0. The van der Waals surface area contributed by atoms with Gasteiger partial charge < -0.3 is 8.83 Å². The average Bonchev–Trinajstić information content (AvgIpc) is 3.73. The molecule has 7 aromatic carbocycles. The van der Waals surface area contributed by atoms with E-state index in [1.54, 1.807) is 0 Å². The monoisotopic (exact) mass is 615 g/mol. The van der Waals surface area contributed by atoms with Crippen LogP contribution in [0.5, 0.6) is 0 Å². The van der Waals surface area contributed by atoms with Crippen molar-refractivity contribution in [3.63, 3.8) is 0 Å². The first kappa shape index (κ1) is 26.6. The van der Waals surface area contributed by atoms with Gasteiger partial charge in [-0.15, -0.1) is 0 Å². The second-order valence-corrected chi connectivity index (χ2v) is 12.0. The van der Waals surface area contributed by atoms with Gasteiger partial charge in [0.1, 0.15) is 22.3 Å². The molecule has 0 N–H and O–H groups in total. The summed E-state index contributed by atoms with van der Waals surface area (Å²) in [4.78, 5) is 15.1. The number of hydrogen-bond donors (Lipinski definition) is 0. The van der Waals surface area contributed by atoms with Crippen LogP contribution in [0.4, 0.5) is 0 Å². The SMILES string of the molecule is c1ccc2cc(-c3nc(-c4ccc(-c5cccc6oc7ccccc7c56)cc4)nc(-c4ccc5c(c4)oc4ccccc45)n3)ccc2c1. The minimum absolute atomic E-state index is 0.587. The molecule has 224 valence electrons. The molecule has 0 bridgehead atoms. The van der Waals surface area contributed by atoms with Gasteiger partial charge in [0.15, 0.2) is 17.5 Å². The Hall–Kier alpha value is -6.59. The molecule has 0 atom stereocenters. The Labute approximate surface area is 274 Å². The average molecular weight is 616 g/mol. The van der Waals surface area contributed by atoms with E-state index in [0.717, 1.165) is 77.1 Å². The van der Waals surface area contributed by atoms with E-state index < -0.39 is 0 Å². The summed E-state index contributed by atoms with van der Waals surface area (Å²) < 4.78 is 12.4. The van der Waals surface area contributed by atoms with Crippen LogP contribution in [-0.4, -0.2) is 15.0 Å². The summed E-state index contributed by atoms with van der Waals surface area (Å²) in [5, 5.41) is 6.68. The summed E-state index contributed by atoms with van der Waals surface area (Å²) in [7, 11) is 0. The van der Waals surface area contributed by atoms with Gasteiger partial charge in [0.2, 0.25) is 0 Å². The van der Waals surface area contributed by atoms with Crippen LogP contribution in [0.2, 0.25) is 0 Å². The predicted molar refractivity (Wildman–Crippen MR) is 194 cm³/mol. The van der Waals surface area contributed by atoms with E-state index in [2.05, 4.69) is 97.1 Å². The molecule has 48 heavy (non-hydrogen) atoms. The molecule has 3 aromatic heterocycles. The molecule has 10 aromatic rings. The van der Waals surface area contributed by atoms with Gasteiger partial charge in [-0.1, -0.05) is 115 Å². The summed E-state index contributed by atoms with van der Waals surface area (Å²) in [6, 6.07) is 51.7. The number of hydrogen-bond acceptors (Lipinski definition) is 5. The summed E-state index contributed by atoms with van der Waals surface area (Å²) in [5.41, 5.74) is 8.33. The minimum atomic E-state index is 0.587. The van der Waals surface area contributed by atoms with Crippen molar-refractivity contribution in [2.45, 2.75) is 0 Å².